The number of benzene rings is 2. The van der Waals surface area contributed by atoms with E-state index < -0.39 is 5.92 Å². The van der Waals surface area contributed by atoms with Crippen LogP contribution in [0, 0.1) is 0 Å². The number of amides is 1. The van der Waals surface area contributed by atoms with Crippen molar-refractivity contribution in [2.45, 2.75) is 38.2 Å². The van der Waals surface area contributed by atoms with E-state index in [9.17, 15) is 13.6 Å². The molecule has 24 heavy (non-hydrogen) atoms. The number of halogens is 2. The largest absolute Gasteiger partial charge is 0.340 e. The van der Waals surface area contributed by atoms with Crippen molar-refractivity contribution in [2.24, 2.45) is 0 Å². The summed E-state index contributed by atoms with van der Waals surface area (Å²) in [5.74, 6) is -2.88. The van der Waals surface area contributed by atoms with E-state index >= 15 is 0 Å². The molecule has 1 heterocycles. The first kappa shape index (κ1) is 15.3. The highest BCUT2D eigenvalue weighted by atomic mass is 19.3. The summed E-state index contributed by atoms with van der Waals surface area (Å²) in [6.07, 6.45) is 2.34. The molecule has 1 fully saturated rings. The summed E-state index contributed by atoms with van der Waals surface area (Å²) in [5, 5.41) is 0. The van der Waals surface area contributed by atoms with Gasteiger partial charge in [-0.1, -0.05) is 42.5 Å². The van der Waals surface area contributed by atoms with Crippen LogP contribution < -0.4 is 0 Å². The monoisotopic (exact) mass is 327 g/mol. The van der Waals surface area contributed by atoms with Gasteiger partial charge in [-0.05, 0) is 36.5 Å². The Labute approximate surface area is 140 Å². The van der Waals surface area contributed by atoms with E-state index in [1.54, 1.807) is 30.3 Å². The highest BCUT2D eigenvalue weighted by Gasteiger charge is 2.44. The van der Waals surface area contributed by atoms with Gasteiger partial charge in [-0.25, -0.2) is 0 Å². The molecule has 2 aromatic carbocycles. The van der Waals surface area contributed by atoms with Gasteiger partial charge >= 0.3 is 0 Å². The van der Waals surface area contributed by atoms with Gasteiger partial charge in [-0.3, -0.25) is 4.79 Å². The lowest BCUT2D eigenvalue weighted by molar-refractivity contribution is -0.130. The smallest absolute Gasteiger partial charge is 0.299 e. The SMILES string of the molecule is CC1CCCN1C(=O)Cc1ccc2c(c1)-c1ccccc1C2(F)F. The molecule has 1 amide bonds. The van der Waals surface area contributed by atoms with Crippen molar-refractivity contribution < 1.29 is 13.6 Å². The first-order valence-corrected chi connectivity index (χ1v) is 8.39. The molecule has 0 aromatic heterocycles. The van der Waals surface area contributed by atoms with E-state index in [-0.39, 0.29) is 29.5 Å². The van der Waals surface area contributed by atoms with Crippen molar-refractivity contribution in [3.05, 3.63) is 59.2 Å². The average Bonchev–Trinajstić information content (AvgIpc) is 3.09. The average molecular weight is 327 g/mol. The third-order valence-electron chi connectivity index (χ3n) is 5.21. The minimum atomic E-state index is -2.96. The maximum absolute atomic E-state index is 14.5. The summed E-state index contributed by atoms with van der Waals surface area (Å²) < 4.78 is 29.1. The van der Waals surface area contributed by atoms with Gasteiger partial charge in [0.05, 0.1) is 6.42 Å². The highest BCUT2D eigenvalue weighted by molar-refractivity contribution is 5.83. The van der Waals surface area contributed by atoms with Crippen LogP contribution in [0.5, 0.6) is 0 Å². The summed E-state index contributed by atoms with van der Waals surface area (Å²) in [5.41, 5.74) is 2.01. The Morgan fingerprint density at radius 2 is 1.92 bits per heavy atom. The summed E-state index contributed by atoms with van der Waals surface area (Å²) in [6, 6.07) is 11.8. The van der Waals surface area contributed by atoms with Gasteiger partial charge in [0.2, 0.25) is 5.91 Å². The van der Waals surface area contributed by atoms with Gasteiger partial charge in [0.15, 0.2) is 0 Å². The number of carbonyl (C=O) groups is 1. The molecule has 2 aliphatic rings. The van der Waals surface area contributed by atoms with E-state index in [0.29, 0.717) is 11.1 Å². The molecule has 4 heteroatoms. The second kappa shape index (κ2) is 5.40. The fourth-order valence-corrected chi connectivity index (χ4v) is 3.91. The summed E-state index contributed by atoms with van der Waals surface area (Å²) >= 11 is 0. The molecule has 1 atom stereocenters. The molecule has 1 saturated heterocycles. The Balaban J connectivity index is 1.67. The number of alkyl halides is 2. The molecule has 0 N–H and O–H groups in total. The molecule has 0 spiro atoms. The lowest BCUT2D eigenvalue weighted by Gasteiger charge is -2.21. The van der Waals surface area contributed by atoms with Crippen LogP contribution in [-0.4, -0.2) is 23.4 Å². The number of nitrogens with zero attached hydrogens (tertiary/aromatic N) is 1. The summed E-state index contributed by atoms with van der Waals surface area (Å²) in [7, 11) is 0. The number of fused-ring (bicyclic) bond motifs is 3. The fraction of sp³-hybridized carbons (Fsp3) is 0.350. The number of hydrogen-bond acceptors (Lipinski definition) is 1. The second-order valence-corrected chi connectivity index (χ2v) is 6.76. The predicted octanol–water partition coefficient (Wildman–Crippen LogP) is 4.36. The zero-order valence-electron chi connectivity index (χ0n) is 13.6. The summed E-state index contributed by atoms with van der Waals surface area (Å²) in [4.78, 5) is 14.4. The fourth-order valence-electron chi connectivity index (χ4n) is 3.91. The van der Waals surface area contributed by atoms with Crippen molar-refractivity contribution in [3.63, 3.8) is 0 Å². The topological polar surface area (TPSA) is 20.3 Å². The van der Waals surface area contributed by atoms with Crippen LogP contribution in [0.1, 0.15) is 36.5 Å². The molecule has 1 unspecified atom stereocenters. The first-order chi connectivity index (χ1) is 11.5. The first-order valence-electron chi connectivity index (χ1n) is 8.39. The van der Waals surface area contributed by atoms with E-state index in [4.69, 9.17) is 0 Å². The minimum Gasteiger partial charge on any atom is -0.340 e. The Bertz CT molecular complexity index is 815. The summed E-state index contributed by atoms with van der Waals surface area (Å²) in [6.45, 7) is 2.86. The van der Waals surface area contributed by atoms with Gasteiger partial charge in [0.1, 0.15) is 0 Å². The van der Waals surface area contributed by atoms with Gasteiger partial charge in [0, 0.05) is 23.7 Å². The zero-order chi connectivity index (χ0) is 16.9. The molecule has 0 bridgehead atoms. The number of carbonyl (C=O) groups excluding carboxylic acids is 1. The third kappa shape index (κ3) is 2.24. The molecule has 2 nitrogen and oxygen atoms in total. The van der Waals surface area contributed by atoms with Crippen LogP contribution in [0.2, 0.25) is 0 Å². The Kier molecular flexibility index (Phi) is 3.44. The molecule has 1 aliphatic heterocycles. The standard InChI is InChI=1S/C20H19F2NO/c1-13-5-4-10-23(13)19(24)12-14-8-9-18-16(11-14)15-6-2-3-7-17(15)20(18,21)22/h2-3,6-9,11,13H,4-5,10,12H2,1H3. The van der Waals surface area contributed by atoms with Gasteiger partial charge in [0.25, 0.3) is 5.92 Å². The van der Waals surface area contributed by atoms with Crippen molar-refractivity contribution >= 4 is 5.91 Å². The van der Waals surface area contributed by atoms with Crippen LogP contribution in [0.3, 0.4) is 0 Å². The molecule has 1 aliphatic carbocycles. The number of rotatable bonds is 2. The molecule has 0 radical (unpaired) electrons. The highest BCUT2D eigenvalue weighted by Crippen LogP contribution is 2.50. The molecule has 4 rings (SSSR count). The van der Waals surface area contributed by atoms with Crippen LogP contribution in [-0.2, 0) is 17.1 Å². The number of likely N-dealkylation sites (tertiary alicyclic amines) is 1. The van der Waals surface area contributed by atoms with Gasteiger partial charge in [-0.15, -0.1) is 0 Å². The van der Waals surface area contributed by atoms with Crippen LogP contribution in [0.4, 0.5) is 8.78 Å². The molecular weight excluding hydrogens is 308 g/mol. The maximum Gasteiger partial charge on any atom is 0.299 e. The van der Waals surface area contributed by atoms with Crippen molar-refractivity contribution in [3.8, 4) is 11.1 Å². The van der Waals surface area contributed by atoms with Crippen LogP contribution in [0.15, 0.2) is 42.5 Å². The molecular formula is C20H19F2NO. The van der Waals surface area contributed by atoms with Gasteiger partial charge < -0.3 is 4.90 Å². The lowest BCUT2D eigenvalue weighted by Crippen LogP contribution is -2.34. The van der Waals surface area contributed by atoms with Crippen molar-refractivity contribution in [1.29, 1.82) is 0 Å². The predicted molar refractivity (Wildman–Crippen MR) is 89.0 cm³/mol. The Morgan fingerprint density at radius 3 is 2.67 bits per heavy atom. The Morgan fingerprint density at radius 1 is 1.17 bits per heavy atom. The van der Waals surface area contributed by atoms with Crippen molar-refractivity contribution in [1.82, 2.24) is 4.90 Å². The lowest BCUT2D eigenvalue weighted by atomic mass is 10.0. The molecule has 0 saturated carbocycles. The van der Waals surface area contributed by atoms with E-state index in [1.165, 1.54) is 12.1 Å². The van der Waals surface area contributed by atoms with E-state index in [0.717, 1.165) is 24.9 Å². The Hall–Kier alpha value is -2.23. The zero-order valence-corrected chi connectivity index (χ0v) is 13.6. The van der Waals surface area contributed by atoms with Crippen LogP contribution >= 0.6 is 0 Å². The number of hydrogen-bond donors (Lipinski definition) is 0. The molecule has 2 aromatic rings. The van der Waals surface area contributed by atoms with Gasteiger partial charge in [-0.2, -0.15) is 8.78 Å². The van der Waals surface area contributed by atoms with E-state index in [2.05, 4.69) is 6.92 Å². The third-order valence-corrected chi connectivity index (χ3v) is 5.21. The van der Waals surface area contributed by atoms with Crippen LogP contribution in [0.25, 0.3) is 11.1 Å². The van der Waals surface area contributed by atoms with E-state index in [1.807, 2.05) is 4.90 Å². The second-order valence-electron chi connectivity index (χ2n) is 6.76. The minimum absolute atomic E-state index is 0.0365. The van der Waals surface area contributed by atoms with Crippen molar-refractivity contribution in [2.75, 3.05) is 6.54 Å². The normalized spacial score (nSPS) is 20.8. The molecule has 124 valence electrons. The quantitative estimate of drug-likeness (QED) is 0.802. The maximum atomic E-state index is 14.5.